The summed E-state index contributed by atoms with van der Waals surface area (Å²) in [6.45, 7) is 13.8. The van der Waals surface area contributed by atoms with Crippen molar-refractivity contribution >= 4 is 5.69 Å². The quantitative estimate of drug-likeness (QED) is 0.872. The summed E-state index contributed by atoms with van der Waals surface area (Å²) in [6, 6.07) is 5.38. The largest absolute Gasteiger partial charge is 0.368 e. The molecule has 0 bridgehead atoms. The molecular formula is C16H25N3. The van der Waals surface area contributed by atoms with E-state index in [9.17, 15) is 0 Å². The smallest absolute Gasteiger partial charge is 0.0447 e. The van der Waals surface area contributed by atoms with Gasteiger partial charge in [-0.2, -0.15) is 0 Å². The Labute approximate surface area is 116 Å². The van der Waals surface area contributed by atoms with Gasteiger partial charge in [0.05, 0.1) is 0 Å². The monoisotopic (exact) mass is 259 g/mol. The Morgan fingerprint density at radius 2 is 1.58 bits per heavy atom. The van der Waals surface area contributed by atoms with Crippen LogP contribution in [0.15, 0.2) is 12.1 Å². The molecule has 0 saturated carbocycles. The van der Waals surface area contributed by atoms with E-state index in [-0.39, 0.29) is 0 Å². The van der Waals surface area contributed by atoms with Gasteiger partial charge in [-0.1, -0.05) is 17.7 Å². The first-order chi connectivity index (χ1) is 9.15. The number of nitrogens with one attached hydrogen (secondary N) is 1. The van der Waals surface area contributed by atoms with Gasteiger partial charge in [0, 0.05) is 51.0 Å². The third-order valence-electron chi connectivity index (χ3n) is 4.48. The van der Waals surface area contributed by atoms with E-state index in [4.69, 9.17) is 0 Å². The highest BCUT2D eigenvalue weighted by Crippen LogP contribution is 2.31. The van der Waals surface area contributed by atoms with Gasteiger partial charge in [-0.05, 0) is 31.9 Å². The van der Waals surface area contributed by atoms with E-state index in [0.717, 1.165) is 19.1 Å². The number of anilines is 1. The van der Waals surface area contributed by atoms with Crippen molar-refractivity contribution in [3.05, 3.63) is 28.8 Å². The Bertz CT molecular complexity index is 434. The maximum absolute atomic E-state index is 3.43. The lowest BCUT2D eigenvalue weighted by Gasteiger charge is -2.48. The van der Waals surface area contributed by atoms with Crippen LogP contribution < -0.4 is 10.2 Å². The molecule has 0 amide bonds. The van der Waals surface area contributed by atoms with Crippen molar-refractivity contribution < 1.29 is 0 Å². The lowest BCUT2D eigenvalue weighted by molar-refractivity contribution is 0.147. The fourth-order valence-corrected chi connectivity index (χ4v) is 3.59. The molecule has 0 aliphatic carbocycles. The van der Waals surface area contributed by atoms with E-state index >= 15 is 0 Å². The highest BCUT2D eigenvalue weighted by atomic mass is 15.3. The van der Waals surface area contributed by atoms with Gasteiger partial charge in [-0.15, -0.1) is 0 Å². The van der Waals surface area contributed by atoms with Crippen LogP contribution in [0.4, 0.5) is 5.69 Å². The number of rotatable bonds is 2. The second-order valence-corrected chi connectivity index (χ2v) is 6.09. The molecule has 2 saturated heterocycles. The number of hydrogen-bond donors (Lipinski definition) is 1. The Balaban J connectivity index is 1.67. The fraction of sp³-hybridized carbons (Fsp3) is 0.625. The molecule has 19 heavy (non-hydrogen) atoms. The molecule has 1 aromatic carbocycles. The fourth-order valence-electron chi connectivity index (χ4n) is 3.59. The van der Waals surface area contributed by atoms with Crippen LogP contribution in [0.25, 0.3) is 0 Å². The third-order valence-corrected chi connectivity index (χ3v) is 4.48. The second kappa shape index (κ2) is 5.14. The van der Waals surface area contributed by atoms with Crippen molar-refractivity contribution in [3.8, 4) is 0 Å². The van der Waals surface area contributed by atoms with Gasteiger partial charge in [0.25, 0.3) is 0 Å². The van der Waals surface area contributed by atoms with E-state index in [1.807, 2.05) is 0 Å². The third kappa shape index (κ3) is 2.49. The van der Waals surface area contributed by atoms with Crippen LogP contribution in [0.1, 0.15) is 16.7 Å². The van der Waals surface area contributed by atoms with Gasteiger partial charge in [0.1, 0.15) is 0 Å². The summed E-state index contributed by atoms with van der Waals surface area (Å²) in [5, 5.41) is 3.43. The standard InChI is InChI=1S/C16H25N3/c1-12-8-13(2)16(14(3)9-12)19-10-15(11-19)18-6-4-17-5-7-18/h8-9,15,17H,4-7,10-11H2,1-3H3. The molecule has 2 aliphatic rings. The molecule has 0 aromatic heterocycles. The van der Waals surface area contributed by atoms with Crippen molar-refractivity contribution in [2.45, 2.75) is 26.8 Å². The van der Waals surface area contributed by atoms with E-state index in [1.165, 1.54) is 48.6 Å². The van der Waals surface area contributed by atoms with Crippen LogP contribution >= 0.6 is 0 Å². The van der Waals surface area contributed by atoms with Crippen LogP contribution in [-0.4, -0.2) is 50.2 Å². The van der Waals surface area contributed by atoms with Crippen molar-refractivity contribution in [1.29, 1.82) is 0 Å². The molecule has 1 aromatic rings. The summed E-state index contributed by atoms with van der Waals surface area (Å²) < 4.78 is 0. The summed E-state index contributed by atoms with van der Waals surface area (Å²) >= 11 is 0. The van der Waals surface area contributed by atoms with E-state index in [1.54, 1.807) is 0 Å². The van der Waals surface area contributed by atoms with Crippen molar-refractivity contribution in [2.75, 3.05) is 44.2 Å². The van der Waals surface area contributed by atoms with Crippen LogP contribution in [0.3, 0.4) is 0 Å². The molecule has 0 unspecified atom stereocenters. The Hall–Kier alpha value is -1.06. The SMILES string of the molecule is Cc1cc(C)c(N2CC(N3CCNCC3)C2)c(C)c1. The molecule has 2 fully saturated rings. The maximum Gasteiger partial charge on any atom is 0.0447 e. The van der Waals surface area contributed by atoms with Gasteiger partial charge in [0.15, 0.2) is 0 Å². The minimum Gasteiger partial charge on any atom is -0.368 e. The molecule has 0 atom stereocenters. The summed E-state index contributed by atoms with van der Waals surface area (Å²) in [5.41, 5.74) is 5.70. The predicted octanol–water partition coefficient (Wildman–Crippen LogP) is 1.71. The number of nitrogens with zero attached hydrogens (tertiary/aromatic N) is 2. The normalized spacial score (nSPS) is 21.5. The molecule has 0 spiro atoms. The van der Waals surface area contributed by atoms with Gasteiger partial charge in [0.2, 0.25) is 0 Å². The van der Waals surface area contributed by atoms with E-state index in [0.29, 0.717) is 0 Å². The number of aryl methyl sites for hydroxylation is 3. The Kier molecular flexibility index (Phi) is 3.50. The van der Waals surface area contributed by atoms with Crippen LogP contribution in [-0.2, 0) is 0 Å². The lowest BCUT2D eigenvalue weighted by Crippen LogP contribution is -2.63. The molecule has 3 heteroatoms. The zero-order valence-corrected chi connectivity index (χ0v) is 12.4. The number of piperazine rings is 1. The van der Waals surface area contributed by atoms with Crippen molar-refractivity contribution in [2.24, 2.45) is 0 Å². The first-order valence-corrected chi connectivity index (χ1v) is 7.43. The second-order valence-electron chi connectivity index (χ2n) is 6.09. The van der Waals surface area contributed by atoms with Gasteiger partial charge in [-0.3, -0.25) is 4.90 Å². The highest BCUT2D eigenvalue weighted by Gasteiger charge is 2.33. The van der Waals surface area contributed by atoms with Crippen LogP contribution in [0.2, 0.25) is 0 Å². The average molecular weight is 259 g/mol. The van der Waals surface area contributed by atoms with Crippen LogP contribution in [0.5, 0.6) is 0 Å². The molecule has 3 nitrogen and oxygen atoms in total. The summed E-state index contributed by atoms with van der Waals surface area (Å²) in [6.07, 6.45) is 0. The summed E-state index contributed by atoms with van der Waals surface area (Å²) in [5.74, 6) is 0. The van der Waals surface area contributed by atoms with Gasteiger partial charge >= 0.3 is 0 Å². The Morgan fingerprint density at radius 1 is 1.00 bits per heavy atom. The first kappa shape index (κ1) is 12.9. The molecule has 3 rings (SSSR count). The number of benzene rings is 1. The summed E-state index contributed by atoms with van der Waals surface area (Å²) in [4.78, 5) is 5.20. The zero-order valence-electron chi connectivity index (χ0n) is 12.4. The highest BCUT2D eigenvalue weighted by molar-refractivity contribution is 5.62. The van der Waals surface area contributed by atoms with Crippen molar-refractivity contribution in [3.63, 3.8) is 0 Å². The minimum atomic E-state index is 0.766. The lowest BCUT2D eigenvalue weighted by atomic mass is 9.98. The first-order valence-electron chi connectivity index (χ1n) is 7.43. The van der Waals surface area contributed by atoms with Crippen molar-refractivity contribution in [1.82, 2.24) is 10.2 Å². The molecule has 1 N–H and O–H groups in total. The van der Waals surface area contributed by atoms with Crippen LogP contribution in [0, 0.1) is 20.8 Å². The molecule has 104 valence electrons. The molecule has 2 heterocycles. The van der Waals surface area contributed by atoms with E-state index < -0.39 is 0 Å². The van der Waals surface area contributed by atoms with E-state index in [2.05, 4.69) is 48.0 Å². The predicted molar refractivity (Wildman–Crippen MR) is 81.1 cm³/mol. The maximum atomic E-state index is 3.43. The molecule has 0 radical (unpaired) electrons. The Morgan fingerprint density at radius 3 is 2.16 bits per heavy atom. The molecular weight excluding hydrogens is 234 g/mol. The zero-order chi connectivity index (χ0) is 13.4. The summed E-state index contributed by atoms with van der Waals surface area (Å²) in [7, 11) is 0. The average Bonchev–Trinajstić information content (AvgIpc) is 2.32. The molecule has 2 aliphatic heterocycles. The van der Waals surface area contributed by atoms with Gasteiger partial charge < -0.3 is 10.2 Å². The topological polar surface area (TPSA) is 18.5 Å². The number of hydrogen-bond acceptors (Lipinski definition) is 3. The minimum absolute atomic E-state index is 0.766. The van der Waals surface area contributed by atoms with Gasteiger partial charge in [-0.25, -0.2) is 0 Å².